The zero-order valence-corrected chi connectivity index (χ0v) is 11.6. The van der Waals surface area contributed by atoms with Crippen LogP contribution in [0.3, 0.4) is 0 Å². The number of thioether (sulfide) groups is 1. The number of rotatable bonds is 4. The van der Waals surface area contributed by atoms with Crippen LogP contribution in [0.5, 0.6) is 0 Å². The molecule has 1 fully saturated rings. The lowest BCUT2D eigenvalue weighted by molar-refractivity contribution is -0.133. The van der Waals surface area contributed by atoms with Crippen LogP contribution in [-0.2, 0) is 4.79 Å². The molecule has 1 N–H and O–H groups in total. The molecule has 0 aromatic carbocycles. The van der Waals surface area contributed by atoms with E-state index in [9.17, 15) is 4.79 Å². The third kappa shape index (κ3) is 3.51. The zero-order valence-electron chi connectivity index (χ0n) is 10.8. The zero-order chi connectivity index (χ0) is 13.0. The van der Waals surface area contributed by atoms with Gasteiger partial charge in [0.05, 0.1) is 22.5 Å². The summed E-state index contributed by atoms with van der Waals surface area (Å²) in [5, 5.41) is 14.3. The number of carboxylic acids is 1. The number of aryl methyl sites for hydroxylation is 1. The molecule has 4 nitrogen and oxygen atoms in total. The highest BCUT2D eigenvalue weighted by atomic mass is 32.2. The summed E-state index contributed by atoms with van der Waals surface area (Å²) in [5.74, 6) is -0.663. The summed E-state index contributed by atoms with van der Waals surface area (Å²) in [6, 6.07) is 2.45. The lowest BCUT2D eigenvalue weighted by Gasteiger charge is -2.17. The Bertz CT molecular complexity index is 409. The molecule has 5 heteroatoms. The van der Waals surface area contributed by atoms with Gasteiger partial charge in [0.15, 0.2) is 0 Å². The van der Waals surface area contributed by atoms with Crippen molar-refractivity contribution in [3.63, 3.8) is 0 Å². The summed E-state index contributed by atoms with van der Waals surface area (Å²) in [6.07, 6.45) is 7.48. The normalized spacial score (nSPS) is 17.6. The largest absolute Gasteiger partial charge is 0.481 e. The van der Waals surface area contributed by atoms with Crippen molar-refractivity contribution < 1.29 is 9.90 Å². The number of carbonyl (C=O) groups is 1. The lowest BCUT2D eigenvalue weighted by atomic mass is 10.1. The van der Waals surface area contributed by atoms with Crippen LogP contribution in [0, 0.1) is 6.92 Å². The number of hydrogen-bond donors (Lipinski definition) is 1. The molecule has 0 saturated heterocycles. The highest BCUT2D eigenvalue weighted by Crippen LogP contribution is 2.31. The van der Waals surface area contributed by atoms with Gasteiger partial charge in [-0.15, -0.1) is 0 Å². The molecule has 0 unspecified atom stereocenters. The van der Waals surface area contributed by atoms with E-state index in [-0.39, 0.29) is 5.75 Å². The Morgan fingerprint density at radius 1 is 1.44 bits per heavy atom. The quantitative estimate of drug-likeness (QED) is 0.672. The SMILES string of the molecule is Cc1cc(SCC(=O)O)n(C2CCCCCC2)n1. The van der Waals surface area contributed by atoms with E-state index in [0.29, 0.717) is 6.04 Å². The number of hydrogen-bond acceptors (Lipinski definition) is 3. The van der Waals surface area contributed by atoms with Gasteiger partial charge in [0.2, 0.25) is 0 Å². The average molecular weight is 268 g/mol. The Kier molecular flexibility index (Phi) is 4.69. The Morgan fingerprint density at radius 2 is 2.11 bits per heavy atom. The van der Waals surface area contributed by atoms with E-state index >= 15 is 0 Å². The first kappa shape index (κ1) is 13.5. The molecule has 0 radical (unpaired) electrons. The predicted octanol–water partition coefficient (Wildman–Crippen LogP) is 3.26. The van der Waals surface area contributed by atoms with E-state index in [1.54, 1.807) is 0 Å². The minimum atomic E-state index is -0.772. The van der Waals surface area contributed by atoms with Crippen molar-refractivity contribution >= 4 is 17.7 Å². The summed E-state index contributed by atoms with van der Waals surface area (Å²) in [5.41, 5.74) is 0.979. The first-order valence-corrected chi connectivity index (χ1v) is 7.56. The Balaban J connectivity index is 2.12. The smallest absolute Gasteiger partial charge is 0.313 e. The molecular weight excluding hydrogens is 248 g/mol. The van der Waals surface area contributed by atoms with Gasteiger partial charge < -0.3 is 5.11 Å². The highest BCUT2D eigenvalue weighted by molar-refractivity contribution is 7.99. The first-order chi connectivity index (χ1) is 8.66. The number of aromatic nitrogens is 2. The molecule has 1 aromatic rings. The van der Waals surface area contributed by atoms with Crippen LogP contribution in [0.1, 0.15) is 50.3 Å². The molecule has 1 saturated carbocycles. The van der Waals surface area contributed by atoms with E-state index in [2.05, 4.69) is 9.78 Å². The second kappa shape index (κ2) is 6.27. The Labute approximate surface area is 112 Å². The van der Waals surface area contributed by atoms with Crippen LogP contribution in [-0.4, -0.2) is 26.6 Å². The molecule has 0 atom stereocenters. The third-order valence-corrected chi connectivity index (χ3v) is 4.33. The summed E-state index contributed by atoms with van der Waals surface area (Å²) >= 11 is 1.38. The summed E-state index contributed by atoms with van der Waals surface area (Å²) in [7, 11) is 0. The fourth-order valence-electron chi connectivity index (χ4n) is 2.50. The molecule has 100 valence electrons. The number of nitrogens with zero attached hydrogens (tertiary/aromatic N) is 2. The minimum absolute atomic E-state index is 0.109. The molecule has 0 spiro atoms. The van der Waals surface area contributed by atoms with Crippen LogP contribution < -0.4 is 0 Å². The minimum Gasteiger partial charge on any atom is -0.481 e. The van der Waals surface area contributed by atoms with Gasteiger partial charge >= 0.3 is 5.97 Å². The number of carboxylic acid groups (broad SMARTS) is 1. The van der Waals surface area contributed by atoms with E-state index in [4.69, 9.17) is 5.11 Å². The molecule has 1 aliphatic rings. The van der Waals surface area contributed by atoms with Gasteiger partial charge in [-0.1, -0.05) is 37.4 Å². The maximum atomic E-state index is 10.7. The van der Waals surface area contributed by atoms with Crippen molar-refractivity contribution in [1.82, 2.24) is 9.78 Å². The molecule has 0 bridgehead atoms. The van der Waals surface area contributed by atoms with Crippen LogP contribution in [0.15, 0.2) is 11.1 Å². The fraction of sp³-hybridized carbons (Fsp3) is 0.692. The molecular formula is C13H20N2O2S. The summed E-state index contributed by atoms with van der Waals surface area (Å²) in [4.78, 5) is 10.7. The van der Waals surface area contributed by atoms with Crippen molar-refractivity contribution in [3.8, 4) is 0 Å². The van der Waals surface area contributed by atoms with Gasteiger partial charge in [0.25, 0.3) is 0 Å². The van der Waals surface area contributed by atoms with Gasteiger partial charge in [-0.25, -0.2) is 0 Å². The molecule has 18 heavy (non-hydrogen) atoms. The topological polar surface area (TPSA) is 55.1 Å². The average Bonchev–Trinajstić information content (AvgIpc) is 2.54. The molecule has 1 aliphatic carbocycles. The molecule has 0 aliphatic heterocycles. The molecule has 2 rings (SSSR count). The maximum Gasteiger partial charge on any atom is 0.313 e. The van der Waals surface area contributed by atoms with Crippen LogP contribution in [0.4, 0.5) is 0 Å². The molecule has 1 aromatic heterocycles. The first-order valence-electron chi connectivity index (χ1n) is 6.57. The molecule has 1 heterocycles. The van der Waals surface area contributed by atoms with Gasteiger partial charge in [-0.05, 0) is 25.8 Å². The summed E-state index contributed by atoms with van der Waals surface area (Å²) < 4.78 is 2.06. The van der Waals surface area contributed by atoms with Crippen LogP contribution in [0.2, 0.25) is 0 Å². The standard InChI is InChI=1S/C13H20N2O2S/c1-10-8-12(18-9-13(16)17)15(14-10)11-6-4-2-3-5-7-11/h8,11H,2-7,9H2,1H3,(H,16,17). The van der Waals surface area contributed by atoms with Crippen molar-refractivity contribution in [3.05, 3.63) is 11.8 Å². The summed E-state index contributed by atoms with van der Waals surface area (Å²) in [6.45, 7) is 1.97. The second-order valence-electron chi connectivity index (χ2n) is 4.90. The van der Waals surface area contributed by atoms with Gasteiger partial charge in [0.1, 0.15) is 0 Å². The van der Waals surface area contributed by atoms with Crippen molar-refractivity contribution in [2.75, 3.05) is 5.75 Å². The van der Waals surface area contributed by atoms with Crippen LogP contribution >= 0.6 is 11.8 Å². The van der Waals surface area contributed by atoms with Gasteiger partial charge in [-0.3, -0.25) is 9.48 Å². The van der Waals surface area contributed by atoms with Gasteiger partial charge in [-0.2, -0.15) is 5.10 Å². The maximum absolute atomic E-state index is 10.7. The lowest BCUT2D eigenvalue weighted by Crippen LogP contribution is -2.12. The van der Waals surface area contributed by atoms with E-state index in [1.807, 2.05) is 13.0 Å². The Morgan fingerprint density at radius 3 is 2.72 bits per heavy atom. The van der Waals surface area contributed by atoms with Crippen molar-refractivity contribution in [2.24, 2.45) is 0 Å². The van der Waals surface area contributed by atoms with E-state index < -0.39 is 5.97 Å². The highest BCUT2D eigenvalue weighted by Gasteiger charge is 2.18. The third-order valence-electron chi connectivity index (χ3n) is 3.34. The van der Waals surface area contributed by atoms with Crippen LogP contribution in [0.25, 0.3) is 0 Å². The van der Waals surface area contributed by atoms with Gasteiger partial charge in [0, 0.05) is 0 Å². The second-order valence-corrected chi connectivity index (χ2v) is 5.89. The monoisotopic (exact) mass is 268 g/mol. The number of aliphatic carboxylic acids is 1. The molecule has 0 amide bonds. The van der Waals surface area contributed by atoms with Crippen molar-refractivity contribution in [1.29, 1.82) is 0 Å². The van der Waals surface area contributed by atoms with E-state index in [0.717, 1.165) is 10.7 Å². The predicted molar refractivity (Wildman–Crippen MR) is 72.1 cm³/mol. The van der Waals surface area contributed by atoms with Crippen molar-refractivity contribution in [2.45, 2.75) is 56.5 Å². The van der Waals surface area contributed by atoms with E-state index in [1.165, 1.54) is 50.3 Å². The fourth-order valence-corrected chi connectivity index (χ4v) is 3.35. The Hall–Kier alpha value is -0.970.